The highest BCUT2D eigenvalue weighted by molar-refractivity contribution is 5.99. The molecule has 0 saturated carbocycles. The lowest BCUT2D eigenvalue weighted by Crippen LogP contribution is -2.61. The fraction of sp³-hybridized carbons (Fsp3) is 0.492. The summed E-state index contributed by atoms with van der Waals surface area (Å²) in [6.07, 6.45) is 1.53. The number of amides is 11. The van der Waals surface area contributed by atoms with E-state index in [1.165, 1.54) is 60.4 Å². The number of nitrogens with zero attached hydrogens (tertiary/aromatic N) is 2. The number of likely N-dealkylation sites (tertiary alicyclic amines) is 1. The Bertz CT molecular complexity index is 3490. The molecule has 0 bridgehead atoms. The molecule has 23 N–H and O–H groups in total. The van der Waals surface area contributed by atoms with E-state index in [4.69, 9.17) is 17.2 Å². The van der Waals surface area contributed by atoms with Gasteiger partial charge >= 0.3 is 5.97 Å². The second-order valence-corrected chi connectivity index (χ2v) is 24.7. The molecule has 11 atom stereocenters. The first-order chi connectivity index (χ1) is 46.9. The first-order valence-electron chi connectivity index (χ1n) is 32.2. The number of nitrogens with two attached hydrogens (primary N) is 3. The Morgan fingerprint density at radius 1 is 0.586 bits per heavy atom. The number of carboxylic acid groups (broad SMARTS) is 1. The summed E-state index contributed by atoms with van der Waals surface area (Å²) in [7, 11) is 0. The second-order valence-electron chi connectivity index (χ2n) is 24.7. The van der Waals surface area contributed by atoms with Gasteiger partial charge in [0, 0.05) is 49.5 Å². The number of phenolic OH excluding ortho intramolecular Hbond substituents is 2. The smallest absolute Gasteiger partial charge is 0.326 e. The molecule has 1 saturated heterocycles. The highest BCUT2D eigenvalue weighted by Gasteiger charge is 2.40. The summed E-state index contributed by atoms with van der Waals surface area (Å²) in [6, 6.07) is 2.43. The fourth-order valence-electron chi connectivity index (χ4n) is 10.7. The van der Waals surface area contributed by atoms with Crippen molar-refractivity contribution in [2.75, 3.05) is 39.5 Å². The molecule has 5 rings (SSSR count). The molecule has 0 spiro atoms. The van der Waals surface area contributed by atoms with Gasteiger partial charge in [-0.05, 0) is 97.9 Å². The zero-order valence-corrected chi connectivity index (χ0v) is 55.6. The molecule has 0 unspecified atom stereocenters. The SMILES string of the molecule is CC(C)C[C@H](NC(=O)[C@H](Cc1c[nH]c2ccccc12)NC(=O)[C@@H](N)CO)C(=O)N[C@@H](CO)C(=O)N[C@@H](Cc1ccc(O)cc1)C(=O)N1CCC[C@H]1C(=O)NCC(=O)N[C@@H](C)C(=O)N[C@H](C(=O)N[C@@H](CO)C(=O)N[C@@H](Cc1ccc(O)cc1)C(=O)N[C@@H](CCCN=C(N)N)C(=O)O)C(C)C. The van der Waals surface area contributed by atoms with Gasteiger partial charge in [0.2, 0.25) is 65.0 Å². The number of carbonyl (C=O) groups excluding carboxylic acids is 11. The standard InChI is InChI=1S/C65H92N16O18/c1-33(2)24-45(75-58(92)47(74-55(89)42(66)30-82)27-38-28-70-43-11-7-6-10-41(38)43)56(90)78-49(31-83)60(94)77-48(26-37-16-20-40(86)21-17-37)63(97)81-23-9-13-51(81)61(95)71-29-52(87)72-35(5)54(88)80-53(34(3)4)62(96)79-50(32-84)59(93)76-46(25-36-14-18-39(85)19-15-36)57(91)73-44(64(98)99)12-8-22-69-65(67)68/h6-7,10-11,14-21,28,33-35,42,44-51,53,70,82-86H,8-9,12-13,22-27,29-32,66H2,1-5H3,(H,71,95)(H,72,87)(H,73,91)(H,74,89)(H,75,92)(H,76,93)(H,77,94)(H,78,90)(H,79,96)(H,80,88)(H,98,99)(H4,67,68,69)/t35-,42-,44-,45-,46-,47-,48-,49-,50-,51-,53-/m0/s1. The number of rotatable bonds is 38. The number of aliphatic hydroxyl groups excluding tert-OH is 3. The number of phenols is 2. The van der Waals surface area contributed by atoms with Crippen LogP contribution in [0.3, 0.4) is 0 Å². The van der Waals surface area contributed by atoms with Crippen LogP contribution in [0.2, 0.25) is 0 Å². The number of H-pyrrole nitrogens is 1. The first kappa shape index (κ1) is 79.2. The average molecular weight is 1390 g/mol. The second kappa shape index (κ2) is 38.5. The molecule has 34 nitrogen and oxygen atoms in total. The monoisotopic (exact) mass is 1380 g/mol. The van der Waals surface area contributed by atoms with E-state index in [-0.39, 0.29) is 81.4 Å². The lowest BCUT2D eigenvalue weighted by atomic mass is 10.00. The molecule has 4 aromatic rings. The van der Waals surface area contributed by atoms with Gasteiger partial charge in [0.25, 0.3) is 0 Å². The molecule has 99 heavy (non-hydrogen) atoms. The maximum Gasteiger partial charge on any atom is 0.326 e. The van der Waals surface area contributed by atoms with E-state index >= 15 is 0 Å². The Labute approximate surface area is 570 Å². The van der Waals surface area contributed by atoms with Crippen LogP contribution in [-0.2, 0) is 76.8 Å². The van der Waals surface area contributed by atoms with Crippen molar-refractivity contribution in [2.24, 2.45) is 34.0 Å². The lowest BCUT2D eigenvalue weighted by Gasteiger charge is -2.30. The summed E-state index contributed by atoms with van der Waals surface area (Å²) in [5.74, 6) is -12.8. The summed E-state index contributed by atoms with van der Waals surface area (Å²) < 4.78 is 0. The van der Waals surface area contributed by atoms with Gasteiger partial charge in [0.1, 0.15) is 78.0 Å². The fourth-order valence-corrected chi connectivity index (χ4v) is 10.7. The molecule has 1 aliphatic rings. The maximum absolute atomic E-state index is 14.6. The number of benzene rings is 3. The van der Waals surface area contributed by atoms with E-state index < -0.39 is 170 Å². The normalized spacial score (nSPS) is 15.8. The van der Waals surface area contributed by atoms with Crippen LogP contribution in [0.4, 0.5) is 0 Å². The summed E-state index contributed by atoms with van der Waals surface area (Å²) in [5, 5.41) is 85.7. The van der Waals surface area contributed by atoms with E-state index in [0.29, 0.717) is 23.1 Å². The van der Waals surface area contributed by atoms with Gasteiger partial charge in [-0.2, -0.15) is 0 Å². The number of carboxylic acids is 1. The Morgan fingerprint density at radius 2 is 1.09 bits per heavy atom. The molecule has 0 aliphatic carbocycles. The first-order valence-corrected chi connectivity index (χ1v) is 32.2. The van der Waals surface area contributed by atoms with Crippen LogP contribution in [0.25, 0.3) is 10.9 Å². The zero-order chi connectivity index (χ0) is 73.2. The van der Waals surface area contributed by atoms with Gasteiger partial charge in [-0.1, -0.05) is 70.2 Å². The van der Waals surface area contributed by atoms with Crippen LogP contribution in [-0.4, -0.2) is 223 Å². The van der Waals surface area contributed by atoms with Gasteiger partial charge in [0.05, 0.1) is 26.4 Å². The Hall–Kier alpha value is -10.5. The van der Waals surface area contributed by atoms with E-state index in [1.54, 1.807) is 52.1 Å². The third kappa shape index (κ3) is 24.6. The molecular formula is C65H92N16O18. The van der Waals surface area contributed by atoms with Crippen molar-refractivity contribution in [1.29, 1.82) is 0 Å². The predicted molar refractivity (Wildman–Crippen MR) is 357 cm³/mol. The number of fused-ring (bicyclic) bond motifs is 1. The molecule has 34 heteroatoms. The van der Waals surface area contributed by atoms with Crippen molar-refractivity contribution in [3.05, 3.63) is 95.7 Å². The maximum atomic E-state index is 14.6. The van der Waals surface area contributed by atoms with E-state index in [0.717, 1.165) is 10.9 Å². The largest absolute Gasteiger partial charge is 0.508 e. The third-order valence-corrected chi connectivity index (χ3v) is 16.1. The van der Waals surface area contributed by atoms with Crippen molar-refractivity contribution >= 4 is 87.8 Å². The minimum Gasteiger partial charge on any atom is -0.508 e. The highest BCUT2D eigenvalue weighted by Crippen LogP contribution is 2.23. The lowest BCUT2D eigenvalue weighted by molar-refractivity contribution is -0.142. The summed E-state index contributed by atoms with van der Waals surface area (Å²) in [6.45, 7) is 4.46. The van der Waals surface area contributed by atoms with Crippen LogP contribution < -0.4 is 70.4 Å². The number of guanidine groups is 1. The van der Waals surface area contributed by atoms with Gasteiger partial charge in [-0.3, -0.25) is 57.7 Å². The third-order valence-electron chi connectivity index (χ3n) is 16.1. The van der Waals surface area contributed by atoms with Crippen LogP contribution >= 0.6 is 0 Å². The molecule has 0 radical (unpaired) electrons. The number of aromatic amines is 1. The number of aromatic hydroxyl groups is 2. The molecule has 540 valence electrons. The summed E-state index contributed by atoms with van der Waals surface area (Å²) in [4.78, 5) is 172. The zero-order valence-electron chi connectivity index (χ0n) is 55.6. The predicted octanol–water partition coefficient (Wildman–Crippen LogP) is -4.76. The minimum absolute atomic E-state index is 0.000877. The Morgan fingerprint density at radius 3 is 1.65 bits per heavy atom. The number of aliphatic imine (C=N–C) groups is 1. The van der Waals surface area contributed by atoms with Crippen LogP contribution in [0, 0.1) is 11.8 Å². The Balaban J connectivity index is 1.21. The number of aromatic nitrogens is 1. The van der Waals surface area contributed by atoms with Crippen molar-refractivity contribution in [3.8, 4) is 11.5 Å². The molecule has 1 aromatic heterocycles. The van der Waals surface area contributed by atoms with Gasteiger partial charge in [-0.25, -0.2) is 4.79 Å². The van der Waals surface area contributed by atoms with E-state index in [1.807, 2.05) is 6.07 Å². The molecular weight excluding hydrogens is 1290 g/mol. The quantitative estimate of drug-likeness (QED) is 0.0114. The molecule has 3 aromatic carbocycles. The topological polar surface area (TPSA) is 556 Å². The molecule has 11 amide bonds. The number of para-hydroxylation sites is 1. The van der Waals surface area contributed by atoms with Gasteiger partial charge in [0.15, 0.2) is 5.96 Å². The summed E-state index contributed by atoms with van der Waals surface area (Å²) >= 11 is 0. The number of hydrogen-bond acceptors (Lipinski definition) is 19. The van der Waals surface area contributed by atoms with Crippen molar-refractivity contribution in [2.45, 2.75) is 152 Å². The summed E-state index contributed by atoms with van der Waals surface area (Å²) in [5.41, 5.74) is 18.7. The van der Waals surface area contributed by atoms with Crippen LogP contribution in [0.15, 0.2) is 84.0 Å². The van der Waals surface area contributed by atoms with Gasteiger partial charge < -0.3 is 111 Å². The molecule has 1 fully saturated rings. The van der Waals surface area contributed by atoms with Crippen molar-refractivity contribution < 1.29 is 88.2 Å². The Kier molecular flexibility index (Phi) is 30.8. The number of hydrogen-bond donors (Lipinski definition) is 20. The number of nitrogens with one attached hydrogen (secondary N) is 11. The van der Waals surface area contributed by atoms with Gasteiger partial charge in [-0.15, -0.1) is 0 Å². The number of aliphatic hydroxyl groups is 3. The number of carbonyl (C=O) groups is 12. The van der Waals surface area contributed by atoms with Crippen LogP contribution in [0.5, 0.6) is 11.5 Å². The van der Waals surface area contributed by atoms with Crippen LogP contribution in [0.1, 0.15) is 83.4 Å². The number of aliphatic carboxylic acids is 1. The molecule has 1 aliphatic heterocycles. The average Bonchev–Trinajstić information content (AvgIpc) is 1.74. The molecule has 2 heterocycles. The van der Waals surface area contributed by atoms with E-state index in [2.05, 4.69) is 63.1 Å². The van der Waals surface area contributed by atoms with Crippen molar-refractivity contribution in [3.63, 3.8) is 0 Å². The van der Waals surface area contributed by atoms with Crippen molar-refractivity contribution in [1.82, 2.24) is 63.1 Å². The minimum atomic E-state index is -1.74. The highest BCUT2D eigenvalue weighted by atomic mass is 16.4. The van der Waals surface area contributed by atoms with E-state index in [9.17, 15) is 88.2 Å².